The van der Waals surface area contributed by atoms with Crippen LogP contribution in [0, 0.1) is 6.92 Å². The number of furan rings is 1. The van der Waals surface area contributed by atoms with Crippen molar-refractivity contribution in [2.24, 2.45) is 0 Å². The van der Waals surface area contributed by atoms with Gasteiger partial charge in [-0.25, -0.2) is 0 Å². The monoisotopic (exact) mass is 419 g/mol. The zero-order valence-corrected chi connectivity index (χ0v) is 17.3. The summed E-state index contributed by atoms with van der Waals surface area (Å²) in [6, 6.07) is 14.4. The fraction of sp³-hybridized carbons (Fsp3) is 0.167. The Kier molecular flexibility index (Phi) is 5.25. The molecule has 1 atom stereocenters. The second-order valence-corrected chi connectivity index (χ2v) is 7.04. The molecular weight excluding hydrogens is 398 g/mol. The lowest BCUT2D eigenvalue weighted by molar-refractivity contribution is -0.132. The summed E-state index contributed by atoms with van der Waals surface area (Å²) in [7, 11) is 2.96. The van der Waals surface area contributed by atoms with Gasteiger partial charge in [0.2, 0.25) is 0 Å². The van der Waals surface area contributed by atoms with Gasteiger partial charge in [0.25, 0.3) is 11.7 Å². The average Bonchev–Trinajstić information content (AvgIpc) is 3.40. The molecule has 0 bridgehead atoms. The van der Waals surface area contributed by atoms with Gasteiger partial charge in [-0.3, -0.25) is 14.5 Å². The molecule has 0 spiro atoms. The summed E-state index contributed by atoms with van der Waals surface area (Å²) in [6.07, 6.45) is 1.46. The normalized spacial score (nSPS) is 17.8. The molecule has 3 aromatic rings. The third-order valence-corrected chi connectivity index (χ3v) is 5.30. The topological polar surface area (TPSA) is 89.2 Å². The lowest BCUT2D eigenvalue weighted by atomic mass is 9.98. The van der Waals surface area contributed by atoms with Crippen LogP contribution in [-0.2, 0) is 9.59 Å². The number of aliphatic hydroxyl groups is 1. The first-order valence-corrected chi connectivity index (χ1v) is 9.60. The van der Waals surface area contributed by atoms with Crippen LogP contribution in [0.1, 0.15) is 22.9 Å². The molecule has 2 heterocycles. The summed E-state index contributed by atoms with van der Waals surface area (Å²) < 4.78 is 16.2. The van der Waals surface area contributed by atoms with Gasteiger partial charge < -0.3 is 19.0 Å². The van der Waals surface area contributed by atoms with Crippen LogP contribution in [0.5, 0.6) is 11.5 Å². The predicted octanol–water partition coefficient (Wildman–Crippen LogP) is 4.23. The largest absolute Gasteiger partial charge is 0.507 e. The molecule has 1 saturated heterocycles. The highest BCUT2D eigenvalue weighted by Gasteiger charge is 2.48. The Hall–Kier alpha value is -4.00. The number of methoxy groups -OCH3 is 2. The van der Waals surface area contributed by atoms with Crippen molar-refractivity contribution in [3.63, 3.8) is 0 Å². The maximum Gasteiger partial charge on any atom is 0.300 e. The number of hydrogen-bond donors (Lipinski definition) is 1. The van der Waals surface area contributed by atoms with E-state index in [9.17, 15) is 14.7 Å². The van der Waals surface area contributed by atoms with Crippen molar-refractivity contribution in [1.82, 2.24) is 0 Å². The SMILES string of the molecule is COc1ccc(/C(O)=C2/C(=O)C(=O)N(c3ccccc3C)C2c2ccco2)c(OC)c1. The van der Waals surface area contributed by atoms with Crippen LogP contribution in [0.3, 0.4) is 0 Å². The number of rotatable bonds is 5. The van der Waals surface area contributed by atoms with E-state index in [-0.39, 0.29) is 16.9 Å². The Bertz CT molecular complexity index is 1180. The lowest BCUT2D eigenvalue weighted by Gasteiger charge is -2.25. The molecule has 7 nitrogen and oxygen atoms in total. The van der Waals surface area contributed by atoms with Gasteiger partial charge in [0, 0.05) is 11.8 Å². The summed E-state index contributed by atoms with van der Waals surface area (Å²) in [5, 5.41) is 11.2. The van der Waals surface area contributed by atoms with E-state index in [2.05, 4.69) is 0 Å². The molecule has 1 amide bonds. The molecular formula is C24H21NO6. The number of aryl methyl sites for hydroxylation is 1. The number of amides is 1. The summed E-state index contributed by atoms with van der Waals surface area (Å²) in [5.41, 5.74) is 1.56. The van der Waals surface area contributed by atoms with Crippen molar-refractivity contribution >= 4 is 23.1 Å². The van der Waals surface area contributed by atoms with Gasteiger partial charge in [0.15, 0.2) is 0 Å². The molecule has 31 heavy (non-hydrogen) atoms. The second kappa shape index (κ2) is 8.02. The summed E-state index contributed by atoms with van der Waals surface area (Å²) >= 11 is 0. The van der Waals surface area contributed by atoms with Crippen molar-refractivity contribution in [1.29, 1.82) is 0 Å². The lowest BCUT2D eigenvalue weighted by Crippen LogP contribution is -2.29. The molecule has 7 heteroatoms. The molecule has 0 saturated carbocycles. The minimum atomic E-state index is -0.928. The van der Waals surface area contributed by atoms with E-state index in [4.69, 9.17) is 13.9 Å². The van der Waals surface area contributed by atoms with E-state index in [0.29, 0.717) is 22.9 Å². The third-order valence-electron chi connectivity index (χ3n) is 5.30. The highest BCUT2D eigenvalue weighted by Crippen LogP contribution is 2.44. The maximum absolute atomic E-state index is 13.1. The van der Waals surface area contributed by atoms with Crippen molar-refractivity contribution in [3.8, 4) is 11.5 Å². The van der Waals surface area contributed by atoms with Gasteiger partial charge in [-0.15, -0.1) is 0 Å². The maximum atomic E-state index is 13.1. The highest BCUT2D eigenvalue weighted by molar-refractivity contribution is 6.51. The Balaban J connectivity index is 1.95. The first-order chi connectivity index (χ1) is 15.0. The fourth-order valence-corrected chi connectivity index (χ4v) is 3.77. The molecule has 1 fully saturated rings. The molecule has 0 radical (unpaired) electrons. The van der Waals surface area contributed by atoms with E-state index in [1.54, 1.807) is 42.5 Å². The zero-order chi connectivity index (χ0) is 22.1. The number of para-hydroxylation sites is 1. The smallest absolute Gasteiger partial charge is 0.300 e. The van der Waals surface area contributed by atoms with E-state index in [1.165, 1.54) is 25.4 Å². The van der Waals surface area contributed by atoms with Gasteiger partial charge in [-0.2, -0.15) is 0 Å². The van der Waals surface area contributed by atoms with Crippen molar-refractivity contribution in [2.45, 2.75) is 13.0 Å². The Morgan fingerprint density at radius 2 is 1.81 bits per heavy atom. The minimum absolute atomic E-state index is 0.0772. The first-order valence-electron chi connectivity index (χ1n) is 9.60. The fourth-order valence-electron chi connectivity index (χ4n) is 3.77. The van der Waals surface area contributed by atoms with Crippen LogP contribution in [0.15, 0.2) is 70.9 Å². The first kappa shape index (κ1) is 20.3. The highest BCUT2D eigenvalue weighted by atomic mass is 16.5. The number of carbonyl (C=O) groups is 2. The predicted molar refractivity (Wildman–Crippen MR) is 114 cm³/mol. The molecule has 2 aromatic carbocycles. The van der Waals surface area contributed by atoms with Crippen molar-refractivity contribution < 1.29 is 28.6 Å². The molecule has 1 aromatic heterocycles. The van der Waals surface area contributed by atoms with Gasteiger partial charge in [0.05, 0.1) is 31.6 Å². The second-order valence-electron chi connectivity index (χ2n) is 7.04. The summed E-state index contributed by atoms with van der Waals surface area (Å²) in [5.74, 6) is -0.718. The molecule has 1 unspecified atom stereocenters. The van der Waals surface area contributed by atoms with Gasteiger partial charge in [-0.1, -0.05) is 18.2 Å². The summed E-state index contributed by atoms with van der Waals surface area (Å²) in [4.78, 5) is 27.6. The van der Waals surface area contributed by atoms with Gasteiger partial charge in [0.1, 0.15) is 29.1 Å². The van der Waals surface area contributed by atoms with Crippen LogP contribution >= 0.6 is 0 Å². The quantitative estimate of drug-likeness (QED) is 0.378. The van der Waals surface area contributed by atoms with Crippen LogP contribution in [0.25, 0.3) is 5.76 Å². The minimum Gasteiger partial charge on any atom is -0.507 e. The zero-order valence-electron chi connectivity index (χ0n) is 17.3. The molecule has 4 rings (SSSR count). The van der Waals surface area contributed by atoms with Crippen LogP contribution in [0.4, 0.5) is 5.69 Å². The average molecular weight is 419 g/mol. The number of aliphatic hydroxyl groups excluding tert-OH is 1. The van der Waals surface area contributed by atoms with Crippen LogP contribution in [-0.4, -0.2) is 31.0 Å². The molecule has 1 N–H and O–H groups in total. The number of carbonyl (C=O) groups excluding carboxylic acids is 2. The van der Waals surface area contributed by atoms with Crippen LogP contribution < -0.4 is 14.4 Å². The Morgan fingerprint density at radius 3 is 2.45 bits per heavy atom. The van der Waals surface area contributed by atoms with Gasteiger partial charge >= 0.3 is 0 Å². The van der Waals surface area contributed by atoms with E-state index in [1.807, 2.05) is 19.1 Å². The van der Waals surface area contributed by atoms with E-state index < -0.39 is 17.7 Å². The molecule has 1 aliphatic rings. The Morgan fingerprint density at radius 1 is 1.03 bits per heavy atom. The van der Waals surface area contributed by atoms with E-state index in [0.717, 1.165) is 5.56 Å². The van der Waals surface area contributed by atoms with Crippen LogP contribution in [0.2, 0.25) is 0 Å². The number of nitrogens with zero attached hydrogens (tertiary/aromatic N) is 1. The third kappa shape index (κ3) is 3.34. The molecule has 158 valence electrons. The number of benzene rings is 2. The number of Topliss-reactive ketones (excluding diaryl/α,β-unsaturated/α-hetero) is 1. The summed E-state index contributed by atoms with van der Waals surface area (Å²) in [6.45, 7) is 1.85. The Labute approximate surface area is 179 Å². The molecule has 0 aliphatic carbocycles. The number of anilines is 1. The molecule has 1 aliphatic heterocycles. The van der Waals surface area contributed by atoms with Crippen molar-refractivity contribution in [2.75, 3.05) is 19.1 Å². The van der Waals surface area contributed by atoms with E-state index >= 15 is 0 Å². The van der Waals surface area contributed by atoms with Gasteiger partial charge in [-0.05, 0) is 42.8 Å². The number of hydrogen-bond acceptors (Lipinski definition) is 6. The standard InChI is InChI=1S/C24H21NO6/c1-14-7-4-5-8-17(14)25-21(18-9-6-12-31-18)20(23(27)24(25)28)22(26)16-11-10-15(29-2)13-19(16)30-3/h4-13,21,26H,1-3H3/b22-20-. The number of ether oxygens (including phenoxy) is 2. The van der Waals surface area contributed by atoms with Crippen molar-refractivity contribution in [3.05, 3.63) is 83.3 Å². The number of ketones is 1.